The molecule has 7 nitrogen and oxygen atoms in total. The molecule has 2 amide bonds. The molecule has 0 spiro atoms. The summed E-state index contributed by atoms with van der Waals surface area (Å²) in [4.78, 5) is 26.2. The molecule has 0 radical (unpaired) electrons. The zero-order valence-electron chi connectivity index (χ0n) is 15.5. The summed E-state index contributed by atoms with van der Waals surface area (Å²) >= 11 is 0. The number of rotatable bonds is 5. The van der Waals surface area contributed by atoms with E-state index in [-0.39, 0.29) is 30.2 Å². The number of anilines is 2. The number of nitrogens with one attached hydrogen (secondary N) is 1. The van der Waals surface area contributed by atoms with Gasteiger partial charge in [0.15, 0.2) is 0 Å². The number of amides is 2. The SMILES string of the molecule is Cc1ccc(CC(=O)Nc2nnc([C@@H]3CC(=O)N(c4ccccc4)C3)o2)cc1. The molecular formula is C21H20N4O3. The van der Waals surface area contributed by atoms with Crippen molar-refractivity contribution in [3.63, 3.8) is 0 Å². The second-order valence-electron chi connectivity index (χ2n) is 6.90. The Balaban J connectivity index is 1.38. The zero-order valence-corrected chi connectivity index (χ0v) is 15.5. The maximum atomic E-state index is 12.3. The molecular weight excluding hydrogens is 356 g/mol. The van der Waals surface area contributed by atoms with Gasteiger partial charge in [0, 0.05) is 18.7 Å². The van der Waals surface area contributed by atoms with Gasteiger partial charge in [0.25, 0.3) is 0 Å². The van der Waals surface area contributed by atoms with Crippen molar-refractivity contribution in [3.05, 3.63) is 71.6 Å². The van der Waals surface area contributed by atoms with Crippen LogP contribution in [0, 0.1) is 6.92 Å². The van der Waals surface area contributed by atoms with Crippen LogP contribution >= 0.6 is 0 Å². The number of para-hydroxylation sites is 1. The molecule has 2 heterocycles. The molecule has 1 aliphatic rings. The van der Waals surface area contributed by atoms with E-state index >= 15 is 0 Å². The number of aromatic nitrogens is 2. The number of carbonyl (C=O) groups excluding carboxylic acids is 2. The highest BCUT2D eigenvalue weighted by Crippen LogP contribution is 2.31. The van der Waals surface area contributed by atoms with Gasteiger partial charge in [0.05, 0.1) is 12.3 Å². The van der Waals surface area contributed by atoms with E-state index in [4.69, 9.17) is 4.42 Å². The van der Waals surface area contributed by atoms with Crippen LogP contribution in [0.3, 0.4) is 0 Å². The number of carbonyl (C=O) groups is 2. The second-order valence-corrected chi connectivity index (χ2v) is 6.90. The van der Waals surface area contributed by atoms with Crippen molar-refractivity contribution < 1.29 is 14.0 Å². The van der Waals surface area contributed by atoms with Crippen LogP contribution in [0.15, 0.2) is 59.0 Å². The van der Waals surface area contributed by atoms with Gasteiger partial charge in [-0.1, -0.05) is 53.1 Å². The van der Waals surface area contributed by atoms with E-state index in [0.717, 1.165) is 16.8 Å². The molecule has 1 aliphatic heterocycles. The molecule has 28 heavy (non-hydrogen) atoms. The zero-order chi connectivity index (χ0) is 19.5. The smallest absolute Gasteiger partial charge is 0.322 e. The van der Waals surface area contributed by atoms with Gasteiger partial charge in [-0.3, -0.25) is 14.9 Å². The lowest BCUT2D eigenvalue weighted by atomic mass is 10.1. The minimum absolute atomic E-state index is 0.0133. The molecule has 1 aromatic heterocycles. The van der Waals surface area contributed by atoms with Crippen molar-refractivity contribution in [2.45, 2.75) is 25.7 Å². The van der Waals surface area contributed by atoms with Crippen LogP contribution < -0.4 is 10.2 Å². The lowest BCUT2D eigenvalue weighted by molar-refractivity contribution is -0.117. The predicted octanol–water partition coefficient (Wildman–Crippen LogP) is 3.08. The fourth-order valence-corrected chi connectivity index (χ4v) is 3.24. The Morgan fingerprint density at radius 1 is 1.14 bits per heavy atom. The first-order chi connectivity index (χ1) is 13.6. The molecule has 1 fully saturated rings. The Morgan fingerprint density at radius 2 is 1.89 bits per heavy atom. The lowest BCUT2D eigenvalue weighted by Crippen LogP contribution is -2.24. The first-order valence-electron chi connectivity index (χ1n) is 9.13. The minimum atomic E-state index is -0.229. The van der Waals surface area contributed by atoms with Crippen LogP contribution in [0.1, 0.15) is 29.4 Å². The molecule has 1 saturated heterocycles. The van der Waals surface area contributed by atoms with Gasteiger partial charge in [-0.05, 0) is 24.6 Å². The molecule has 1 N–H and O–H groups in total. The molecule has 7 heteroatoms. The first kappa shape index (κ1) is 17.9. The van der Waals surface area contributed by atoms with E-state index in [1.165, 1.54) is 0 Å². The summed E-state index contributed by atoms with van der Waals surface area (Å²) in [5, 5.41) is 10.5. The molecule has 0 saturated carbocycles. The molecule has 0 aliphatic carbocycles. The fourth-order valence-electron chi connectivity index (χ4n) is 3.24. The average Bonchev–Trinajstić information content (AvgIpc) is 3.31. The summed E-state index contributed by atoms with van der Waals surface area (Å²) in [5.74, 6) is -0.0489. The van der Waals surface area contributed by atoms with Crippen LogP contribution in [0.2, 0.25) is 0 Å². The molecule has 2 aromatic carbocycles. The van der Waals surface area contributed by atoms with E-state index in [2.05, 4.69) is 15.5 Å². The molecule has 0 unspecified atom stereocenters. The van der Waals surface area contributed by atoms with Gasteiger partial charge in [0.2, 0.25) is 17.7 Å². The summed E-state index contributed by atoms with van der Waals surface area (Å²) in [6.07, 6.45) is 0.523. The third-order valence-electron chi connectivity index (χ3n) is 4.71. The van der Waals surface area contributed by atoms with Crippen molar-refractivity contribution in [1.82, 2.24) is 10.2 Å². The first-order valence-corrected chi connectivity index (χ1v) is 9.13. The number of hydrogen-bond donors (Lipinski definition) is 1. The van der Waals surface area contributed by atoms with E-state index in [1.807, 2.05) is 61.5 Å². The van der Waals surface area contributed by atoms with Crippen LogP contribution in [0.25, 0.3) is 0 Å². The van der Waals surface area contributed by atoms with Crippen molar-refractivity contribution in [2.24, 2.45) is 0 Å². The van der Waals surface area contributed by atoms with Crippen molar-refractivity contribution in [2.75, 3.05) is 16.8 Å². The van der Waals surface area contributed by atoms with Gasteiger partial charge >= 0.3 is 6.01 Å². The number of benzene rings is 2. The summed E-state index contributed by atoms with van der Waals surface area (Å²) in [5.41, 5.74) is 2.89. The summed E-state index contributed by atoms with van der Waals surface area (Å²) in [6.45, 7) is 2.47. The largest absolute Gasteiger partial charge is 0.407 e. The Hall–Kier alpha value is -3.48. The normalized spacial score (nSPS) is 16.4. The molecule has 0 bridgehead atoms. The van der Waals surface area contributed by atoms with Crippen molar-refractivity contribution in [1.29, 1.82) is 0 Å². The van der Waals surface area contributed by atoms with Gasteiger partial charge < -0.3 is 9.32 Å². The third-order valence-corrected chi connectivity index (χ3v) is 4.71. The summed E-state index contributed by atoms with van der Waals surface area (Å²) in [7, 11) is 0. The van der Waals surface area contributed by atoms with E-state index < -0.39 is 0 Å². The van der Waals surface area contributed by atoms with Gasteiger partial charge in [0.1, 0.15) is 0 Å². The van der Waals surface area contributed by atoms with Gasteiger partial charge in [-0.15, -0.1) is 5.10 Å². The predicted molar refractivity (Wildman–Crippen MR) is 104 cm³/mol. The fraction of sp³-hybridized carbons (Fsp3) is 0.238. The van der Waals surface area contributed by atoms with Crippen LogP contribution in [0.5, 0.6) is 0 Å². The van der Waals surface area contributed by atoms with Crippen molar-refractivity contribution >= 4 is 23.5 Å². The highest BCUT2D eigenvalue weighted by Gasteiger charge is 2.35. The summed E-state index contributed by atoms with van der Waals surface area (Å²) < 4.78 is 5.59. The quantitative estimate of drug-likeness (QED) is 0.739. The summed E-state index contributed by atoms with van der Waals surface area (Å²) in [6, 6.07) is 17.3. The number of nitrogens with zero attached hydrogens (tertiary/aromatic N) is 3. The van der Waals surface area contributed by atoms with E-state index in [1.54, 1.807) is 4.90 Å². The highest BCUT2D eigenvalue weighted by molar-refractivity contribution is 5.96. The lowest BCUT2D eigenvalue weighted by Gasteiger charge is -2.15. The minimum Gasteiger partial charge on any atom is -0.407 e. The molecule has 142 valence electrons. The Kier molecular flexibility index (Phi) is 4.89. The standard InChI is InChI=1S/C21H20N4O3/c1-14-7-9-15(10-8-14)11-18(26)22-21-24-23-20(28-21)16-12-19(27)25(13-16)17-5-3-2-4-6-17/h2-10,16H,11-13H2,1H3,(H,22,24,26)/t16-/m1/s1. The Morgan fingerprint density at radius 3 is 2.64 bits per heavy atom. The van der Waals surface area contributed by atoms with Crippen LogP contribution in [-0.4, -0.2) is 28.6 Å². The molecule has 4 rings (SSSR count). The van der Waals surface area contributed by atoms with Crippen molar-refractivity contribution in [3.8, 4) is 0 Å². The van der Waals surface area contributed by atoms with E-state index in [9.17, 15) is 9.59 Å². The van der Waals surface area contributed by atoms with E-state index in [0.29, 0.717) is 18.9 Å². The topological polar surface area (TPSA) is 88.3 Å². The second kappa shape index (κ2) is 7.64. The van der Waals surface area contributed by atoms with Gasteiger partial charge in [-0.2, -0.15) is 0 Å². The molecule has 1 atom stereocenters. The maximum Gasteiger partial charge on any atom is 0.322 e. The monoisotopic (exact) mass is 376 g/mol. The Bertz CT molecular complexity index is 982. The molecule has 3 aromatic rings. The maximum absolute atomic E-state index is 12.3. The number of hydrogen-bond acceptors (Lipinski definition) is 5. The van der Waals surface area contributed by atoms with Crippen LogP contribution in [0.4, 0.5) is 11.7 Å². The number of aryl methyl sites for hydroxylation is 1. The van der Waals surface area contributed by atoms with Crippen LogP contribution in [-0.2, 0) is 16.0 Å². The third kappa shape index (κ3) is 3.93. The average molecular weight is 376 g/mol. The Labute approximate surface area is 162 Å². The highest BCUT2D eigenvalue weighted by atomic mass is 16.4. The van der Waals surface area contributed by atoms with Gasteiger partial charge in [-0.25, -0.2) is 0 Å².